The lowest BCUT2D eigenvalue weighted by molar-refractivity contribution is 0.0525. The van der Waals surface area contributed by atoms with Crippen LogP contribution < -0.4 is 5.73 Å². The number of nitrogens with one attached hydrogen (secondary N) is 1. The molecule has 0 unspecified atom stereocenters. The number of ether oxygens (including phenoxy) is 1. The molecular formula is C8H12N2O2. The molecule has 1 rings (SSSR count). The van der Waals surface area contributed by atoms with Gasteiger partial charge < -0.3 is 15.5 Å². The van der Waals surface area contributed by atoms with E-state index in [4.69, 9.17) is 10.5 Å². The molecule has 4 heteroatoms. The number of rotatable bonds is 3. The Hall–Kier alpha value is -1.29. The molecule has 0 saturated carbocycles. The molecule has 0 bridgehead atoms. The third kappa shape index (κ3) is 1.65. The summed E-state index contributed by atoms with van der Waals surface area (Å²) >= 11 is 0. The Kier molecular flexibility index (Phi) is 2.88. The third-order valence-electron chi connectivity index (χ3n) is 1.55. The largest absolute Gasteiger partial charge is 0.462 e. The molecule has 12 heavy (non-hydrogen) atoms. The van der Waals surface area contributed by atoms with Crippen molar-refractivity contribution in [3.63, 3.8) is 0 Å². The van der Waals surface area contributed by atoms with E-state index in [0.29, 0.717) is 18.7 Å². The molecule has 66 valence electrons. The molecule has 0 radical (unpaired) electrons. The summed E-state index contributed by atoms with van der Waals surface area (Å²) in [6, 6.07) is 0. The standard InChI is InChI=1S/C8H12N2O2/c1-2-12-8(11)7-5-10-4-6(7)3-9/h4-5,10H,2-3,9H2,1H3. The molecule has 0 aliphatic heterocycles. The maximum absolute atomic E-state index is 11.2. The van der Waals surface area contributed by atoms with Crippen molar-refractivity contribution in [2.45, 2.75) is 13.5 Å². The van der Waals surface area contributed by atoms with Gasteiger partial charge in [0.25, 0.3) is 0 Å². The predicted molar refractivity (Wildman–Crippen MR) is 44.6 cm³/mol. The van der Waals surface area contributed by atoms with Gasteiger partial charge in [0.2, 0.25) is 0 Å². The third-order valence-corrected chi connectivity index (χ3v) is 1.55. The lowest BCUT2D eigenvalue weighted by Crippen LogP contribution is -2.08. The van der Waals surface area contributed by atoms with Crippen molar-refractivity contribution in [2.75, 3.05) is 6.61 Å². The number of aromatic amines is 1. The van der Waals surface area contributed by atoms with Gasteiger partial charge in [-0.25, -0.2) is 4.79 Å². The van der Waals surface area contributed by atoms with Gasteiger partial charge in [-0.2, -0.15) is 0 Å². The molecule has 1 aromatic rings. The summed E-state index contributed by atoms with van der Waals surface area (Å²) in [4.78, 5) is 14.0. The summed E-state index contributed by atoms with van der Waals surface area (Å²) in [7, 11) is 0. The summed E-state index contributed by atoms with van der Waals surface area (Å²) in [6.45, 7) is 2.50. The van der Waals surface area contributed by atoms with Crippen molar-refractivity contribution in [2.24, 2.45) is 5.73 Å². The highest BCUT2D eigenvalue weighted by molar-refractivity contribution is 5.90. The van der Waals surface area contributed by atoms with Gasteiger partial charge in [-0.1, -0.05) is 0 Å². The molecule has 1 aromatic heterocycles. The van der Waals surface area contributed by atoms with Gasteiger partial charge in [-0.05, 0) is 12.5 Å². The van der Waals surface area contributed by atoms with Crippen LogP contribution in [0.1, 0.15) is 22.8 Å². The average Bonchev–Trinajstić information content (AvgIpc) is 2.51. The molecular weight excluding hydrogens is 156 g/mol. The second-order valence-corrected chi connectivity index (χ2v) is 2.32. The molecule has 3 N–H and O–H groups in total. The second kappa shape index (κ2) is 3.92. The maximum Gasteiger partial charge on any atom is 0.339 e. The zero-order valence-corrected chi connectivity index (χ0v) is 6.96. The van der Waals surface area contributed by atoms with Gasteiger partial charge in [0.1, 0.15) is 0 Å². The smallest absolute Gasteiger partial charge is 0.339 e. The van der Waals surface area contributed by atoms with Crippen molar-refractivity contribution >= 4 is 5.97 Å². The molecule has 0 aliphatic carbocycles. The van der Waals surface area contributed by atoms with Gasteiger partial charge >= 0.3 is 5.97 Å². The van der Waals surface area contributed by atoms with Crippen LogP contribution in [0.2, 0.25) is 0 Å². The summed E-state index contributed by atoms with van der Waals surface area (Å²) in [5.74, 6) is -0.320. The van der Waals surface area contributed by atoms with Crippen LogP contribution in [-0.2, 0) is 11.3 Å². The molecule has 0 fully saturated rings. The molecule has 4 nitrogen and oxygen atoms in total. The zero-order chi connectivity index (χ0) is 8.97. The fourth-order valence-corrected chi connectivity index (χ4v) is 0.964. The van der Waals surface area contributed by atoms with Crippen molar-refractivity contribution < 1.29 is 9.53 Å². The van der Waals surface area contributed by atoms with Crippen LogP contribution >= 0.6 is 0 Å². The van der Waals surface area contributed by atoms with Crippen LogP contribution in [0.5, 0.6) is 0 Å². The fraction of sp³-hybridized carbons (Fsp3) is 0.375. The topological polar surface area (TPSA) is 68.1 Å². The monoisotopic (exact) mass is 168 g/mol. The van der Waals surface area contributed by atoms with E-state index in [2.05, 4.69) is 4.98 Å². The van der Waals surface area contributed by atoms with E-state index >= 15 is 0 Å². The lowest BCUT2D eigenvalue weighted by Gasteiger charge is -2.00. The van der Waals surface area contributed by atoms with E-state index in [1.807, 2.05) is 0 Å². The summed E-state index contributed by atoms with van der Waals surface area (Å²) in [6.07, 6.45) is 3.30. The van der Waals surface area contributed by atoms with Crippen LogP contribution in [0.15, 0.2) is 12.4 Å². The summed E-state index contributed by atoms with van der Waals surface area (Å²) < 4.78 is 4.81. The predicted octanol–water partition coefficient (Wildman–Crippen LogP) is 0.650. The van der Waals surface area contributed by atoms with E-state index in [1.165, 1.54) is 0 Å². The van der Waals surface area contributed by atoms with Crippen molar-refractivity contribution in [3.8, 4) is 0 Å². The Morgan fingerprint density at radius 3 is 3.00 bits per heavy atom. The Morgan fingerprint density at radius 2 is 2.42 bits per heavy atom. The van der Waals surface area contributed by atoms with E-state index in [0.717, 1.165) is 5.56 Å². The molecule has 0 amide bonds. The van der Waals surface area contributed by atoms with Gasteiger partial charge in [0.05, 0.1) is 12.2 Å². The van der Waals surface area contributed by atoms with Gasteiger partial charge in [0.15, 0.2) is 0 Å². The number of esters is 1. The summed E-state index contributed by atoms with van der Waals surface area (Å²) in [5.41, 5.74) is 6.71. The Morgan fingerprint density at radius 1 is 1.67 bits per heavy atom. The van der Waals surface area contributed by atoms with Crippen LogP contribution in [0, 0.1) is 0 Å². The Bertz CT molecular complexity index is 268. The highest BCUT2D eigenvalue weighted by atomic mass is 16.5. The molecule has 1 heterocycles. The summed E-state index contributed by atoms with van der Waals surface area (Å²) in [5, 5.41) is 0. The molecule has 0 spiro atoms. The first-order valence-electron chi connectivity index (χ1n) is 3.82. The van der Waals surface area contributed by atoms with Crippen molar-refractivity contribution in [3.05, 3.63) is 23.5 Å². The SMILES string of the molecule is CCOC(=O)c1c[nH]cc1CN. The zero-order valence-electron chi connectivity index (χ0n) is 6.96. The van der Waals surface area contributed by atoms with Crippen molar-refractivity contribution in [1.82, 2.24) is 4.98 Å². The average molecular weight is 168 g/mol. The maximum atomic E-state index is 11.2. The lowest BCUT2D eigenvalue weighted by atomic mass is 10.2. The van der Waals surface area contributed by atoms with E-state index < -0.39 is 0 Å². The number of nitrogens with two attached hydrogens (primary N) is 1. The van der Waals surface area contributed by atoms with Gasteiger partial charge in [-0.15, -0.1) is 0 Å². The number of carbonyl (C=O) groups is 1. The van der Waals surface area contributed by atoms with E-state index in [1.54, 1.807) is 19.3 Å². The van der Waals surface area contributed by atoms with E-state index in [9.17, 15) is 4.79 Å². The Balaban J connectivity index is 2.79. The van der Waals surface area contributed by atoms with Crippen LogP contribution in [0.4, 0.5) is 0 Å². The van der Waals surface area contributed by atoms with Crippen LogP contribution in [0.25, 0.3) is 0 Å². The van der Waals surface area contributed by atoms with Gasteiger partial charge in [-0.3, -0.25) is 0 Å². The minimum atomic E-state index is -0.320. The highest BCUT2D eigenvalue weighted by Crippen LogP contribution is 2.08. The first-order chi connectivity index (χ1) is 5.79. The first-order valence-corrected chi connectivity index (χ1v) is 3.82. The number of carbonyl (C=O) groups excluding carboxylic acids is 1. The Labute approximate surface area is 70.7 Å². The minimum absolute atomic E-state index is 0.320. The van der Waals surface area contributed by atoms with Crippen molar-refractivity contribution in [1.29, 1.82) is 0 Å². The second-order valence-electron chi connectivity index (χ2n) is 2.32. The quantitative estimate of drug-likeness (QED) is 0.651. The molecule has 0 aromatic carbocycles. The number of hydrogen-bond donors (Lipinski definition) is 2. The van der Waals surface area contributed by atoms with E-state index in [-0.39, 0.29) is 5.97 Å². The minimum Gasteiger partial charge on any atom is -0.462 e. The normalized spacial score (nSPS) is 9.83. The van der Waals surface area contributed by atoms with Gasteiger partial charge in [0, 0.05) is 18.9 Å². The highest BCUT2D eigenvalue weighted by Gasteiger charge is 2.11. The number of hydrogen-bond acceptors (Lipinski definition) is 3. The molecule has 0 saturated heterocycles. The van der Waals surface area contributed by atoms with Crippen LogP contribution in [-0.4, -0.2) is 17.6 Å². The number of aromatic nitrogens is 1. The van der Waals surface area contributed by atoms with Crippen LogP contribution in [0.3, 0.4) is 0 Å². The molecule has 0 aliphatic rings. The fourth-order valence-electron chi connectivity index (χ4n) is 0.964. The molecule has 0 atom stereocenters. The first kappa shape index (κ1) is 8.80. The number of H-pyrrole nitrogens is 1.